The topological polar surface area (TPSA) is 76.9 Å². The Morgan fingerprint density at radius 1 is 1.23 bits per heavy atom. The highest BCUT2D eigenvalue weighted by Gasteiger charge is 2.22. The second-order valence-electron chi connectivity index (χ2n) is 6.49. The van der Waals surface area contributed by atoms with E-state index in [2.05, 4.69) is 29.2 Å². The Hall–Kier alpha value is -2.54. The zero-order valence-corrected chi connectivity index (χ0v) is 16.1. The Labute approximate surface area is 155 Å². The summed E-state index contributed by atoms with van der Waals surface area (Å²) in [5.41, 5.74) is 1.42. The van der Waals surface area contributed by atoms with Gasteiger partial charge in [-0.3, -0.25) is 9.59 Å². The molecule has 2 aromatic heterocycles. The molecule has 1 atom stereocenters. The van der Waals surface area contributed by atoms with E-state index in [1.54, 1.807) is 13.0 Å². The summed E-state index contributed by atoms with van der Waals surface area (Å²) < 4.78 is 1.40. The van der Waals surface area contributed by atoms with E-state index in [0.717, 1.165) is 5.69 Å². The largest absolute Gasteiger partial charge is 0.301 e. The smallest absolute Gasteiger partial charge is 0.274 e. The van der Waals surface area contributed by atoms with Gasteiger partial charge in [0.15, 0.2) is 5.13 Å². The normalized spacial score (nSPS) is 12.5. The minimum Gasteiger partial charge on any atom is -0.301 e. The van der Waals surface area contributed by atoms with Crippen LogP contribution in [0.25, 0.3) is 10.8 Å². The molecule has 0 bridgehead atoms. The van der Waals surface area contributed by atoms with Gasteiger partial charge < -0.3 is 5.32 Å². The molecular weight excluding hydrogens is 348 g/mol. The van der Waals surface area contributed by atoms with E-state index in [1.807, 2.05) is 30.5 Å². The summed E-state index contributed by atoms with van der Waals surface area (Å²) in [5.74, 6) is -0.383. The zero-order chi connectivity index (χ0) is 18.8. The van der Waals surface area contributed by atoms with Gasteiger partial charge in [-0.15, -0.1) is 11.3 Å². The molecule has 2 heterocycles. The van der Waals surface area contributed by atoms with Crippen molar-refractivity contribution < 1.29 is 4.79 Å². The molecule has 1 N–H and O–H groups in total. The van der Waals surface area contributed by atoms with E-state index >= 15 is 0 Å². The first-order valence-corrected chi connectivity index (χ1v) is 9.56. The molecule has 26 heavy (non-hydrogen) atoms. The third kappa shape index (κ3) is 3.39. The summed E-state index contributed by atoms with van der Waals surface area (Å²) in [5, 5.41) is 11.1. The Morgan fingerprint density at radius 3 is 2.54 bits per heavy atom. The molecule has 0 aliphatic carbocycles. The standard InChI is InChI=1S/C19H22N4O2S/c1-5-23-18(25)14-9-7-6-8-13(14)16(22-23)12(4)17(24)21-19-20-15(10-26-19)11(2)3/h6-12H,5H2,1-4H3,(H,20,21,24)/t12-/m1/s1. The van der Waals surface area contributed by atoms with Crippen LogP contribution in [0.15, 0.2) is 34.4 Å². The minimum atomic E-state index is -0.510. The average molecular weight is 370 g/mol. The van der Waals surface area contributed by atoms with Crippen molar-refractivity contribution in [1.82, 2.24) is 14.8 Å². The number of rotatable bonds is 5. The molecule has 3 aromatic rings. The van der Waals surface area contributed by atoms with E-state index in [-0.39, 0.29) is 11.5 Å². The Kier molecular flexibility index (Phi) is 5.18. The van der Waals surface area contributed by atoms with Gasteiger partial charge >= 0.3 is 0 Å². The maximum absolute atomic E-state index is 12.7. The summed E-state index contributed by atoms with van der Waals surface area (Å²) in [6, 6.07) is 7.28. The number of carbonyl (C=O) groups excluding carboxylic acids is 1. The van der Waals surface area contributed by atoms with Gasteiger partial charge in [0.25, 0.3) is 5.56 Å². The van der Waals surface area contributed by atoms with Crippen LogP contribution in [0.2, 0.25) is 0 Å². The van der Waals surface area contributed by atoms with Crippen LogP contribution in [0.4, 0.5) is 5.13 Å². The molecule has 3 rings (SSSR count). The highest BCUT2D eigenvalue weighted by Crippen LogP contribution is 2.25. The summed E-state index contributed by atoms with van der Waals surface area (Å²) in [4.78, 5) is 29.6. The van der Waals surface area contributed by atoms with Crippen LogP contribution < -0.4 is 10.9 Å². The highest BCUT2D eigenvalue weighted by atomic mass is 32.1. The molecule has 1 aromatic carbocycles. The highest BCUT2D eigenvalue weighted by molar-refractivity contribution is 7.13. The SMILES string of the molecule is CCn1nc([C@@H](C)C(=O)Nc2nc(C(C)C)cs2)c2ccccc2c1=O. The molecule has 0 fully saturated rings. The van der Waals surface area contributed by atoms with Crippen LogP contribution in [0, 0.1) is 0 Å². The minimum absolute atomic E-state index is 0.138. The number of benzene rings is 1. The number of nitrogens with zero attached hydrogens (tertiary/aromatic N) is 3. The number of hydrogen-bond acceptors (Lipinski definition) is 5. The van der Waals surface area contributed by atoms with Crippen LogP contribution in [-0.2, 0) is 11.3 Å². The van der Waals surface area contributed by atoms with Crippen molar-refractivity contribution in [3.63, 3.8) is 0 Å². The van der Waals surface area contributed by atoms with Gasteiger partial charge in [-0.2, -0.15) is 5.10 Å². The summed E-state index contributed by atoms with van der Waals surface area (Å²) >= 11 is 1.41. The second kappa shape index (κ2) is 7.37. The van der Waals surface area contributed by atoms with Gasteiger partial charge in [0.2, 0.25) is 5.91 Å². The molecule has 1 amide bonds. The Balaban J connectivity index is 1.96. The van der Waals surface area contributed by atoms with Gasteiger partial charge in [-0.25, -0.2) is 9.67 Å². The molecule has 136 valence electrons. The monoisotopic (exact) mass is 370 g/mol. The van der Waals surface area contributed by atoms with Crippen LogP contribution in [-0.4, -0.2) is 20.7 Å². The maximum Gasteiger partial charge on any atom is 0.274 e. The molecule has 6 nitrogen and oxygen atoms in total. The molecular formula is C19H22N4O2S. The van der Waals surface area contributed by atoms with Crippen LogP contribution in [0.5, 0.6) is 0 Å². The van der Waals surface area contributed by atoms with Crippen LogP contribution >= 0.6 is 11.3 Å². The summed E-state index contributed by atoms with van der Waals surface area (Å²) in [6.45, 7) is 8.24. The number of nitrogens with one attached hydrogen (secondary N) is 1. The Morgan fingerprint density at radius 2 is 1.92 bits per heavy atom. The first-order chi connectivity index (χ1) is 12.4. The number of aromatic nitrogens is 3. The maximum atomic E-state index is 12.7. The van der Waals surface area contributed by atoms with E-state index in [1.165, 1.54) is 16.0 Å². The molecule has 0 radical (unpaired) electrons. The van der Waals surface area contributed by atoms with Crippen molar-refractivity contribution >= 4 is 33.1 Å². The lowest BCUT2D eigenvalue weighted by atomic mass is 10.0. The van der Waals surface area contributed by atoms with E-state index < -0.39 is 5.92 Å². The van der Waals surface area contributed by atoms with Crippen molar-refractivity contribution in [3.05, 3.63) is 51.4 Å². The van der Waals surface area contributed by atoms with E-state index in [9.17, 15) is 9.59 Å². The van der Waals surface area contributed by atoms with E-state index in [4.69, 9.17) is 0 Å². The molecule has 0 unspecified atom stereocenters. The number of amides is 1. The average Bonchev–Trinajstić information content (AvgIpc) is 3.10. The zero-order valence-electron chi connectivity index (χ0n) is 15.3. The lowest BCUT2D eigenvalue weighted by Crippen LogP contribution is -2.27. The molecule has 0 spiro atoms. The van der Waals surface area contributed by atoms with Crippen molar-refractivity contribution in [2.75, 3.05) is 5.32 Å². The number of carbonyl (C=O) groups is 1. The van der Waals surface area contributed by atoms with Crippen molar-refractivity contribution in [2.24, 2.45) is 0 Å². The van der Waals surface area contributed by atoms with Crippen molar-refractivity contribution in [1.29, 1.82) is 0 Å². The fourth-order valence-electron chi connectivity index (χ4n) is 2.74. The van der Waals surface area contributed by atoms with E-state index in [0.29, 0.717) is 34.1 Å². The molecule has 0 aliphatic rings. The first-order valence-electron chi connectivity index (χ1n) is 8.68. The summed E-state index contributed by atoms with van der Waals surface area (Å²) in [6.07, 6.45) is 0. The molecule has 0 saturated heterocycles. The van der Waals surface area contributed by atoms with Crippen LogP contribution in [0.1, 0.15) is 50.9 Å². The van der Waals surface area contributed by atoms with Crippen molar-refractivity contribution in [2.45, 2.75) is 46.1 Å². The molecule has 7 heteroatoms. The number of fused-ring (bicyclic) bond motifs is 1. The number of thiazole rings is 1. The Bertz CT molecular complexity index is 1010. The predicted molar refractivity (Wildman–Crippen MR) is 105 cm³/mol. The van der Waals surface area contributed by atoms with Gasteiger partial charge in [0.1, 0.15) is 0 Å². The number of hydrogen-bond donors (Lipinski definition) is 1. The van der Waals surface area contributed by atoms with Gasteiger partial charge in [-0.1, -0.05) is 32.0 Å². The lowest BCUT2D eigenvalue weighted by molar-refractivity contribution is -0.117. The third-order valence-corrected chi connectivity index (χ3v) is 5.12. The second-order valence-corrected chi connectivity index (χ2v) is 7.35. The molecule has 0 aliphatic heterocycles. The quantitative estimate of drug-likeness (QED) is 0.742. The first kappa shape index (κ1) is 18.3. The van der Waals surface area contributed by atoms with Crippen molar-refractivity contribution in [3.8, 4) is 0 Å². The summed E-state index contributed by atoms with van der Waals surface area (Å²) in [7, 11) is 0. The fraction of sp³-hybridized carbons (Fsp3) is 0.368. The van der Waals surface area contributed by atoms with Crippen LogP contribution in [0.3, 0.4) is 0 Å². The van der Waals surface area contributed by atoms with Gasteiger partial charge in [-0.05, 0) is 25.8 Å². The van der Waals surface area contributed by atoms with Gasteiger partial charge in [0.05, 0.1) is 22.7 Å². The fourth-order valence-corrected chi connectivity index (χ4v) is 3.62. The number of anilines is 1. The third-order valence-electron chi connectivity index (χ3n) is 4.34. The van der Waals surface area contributed by atoms with Gasteiger partial charge in [0, 0.05) is 17.3 Å². The lowest BCUT2D eigenvalue weighted by Gasteiger charge is -2.15. The number of aryl methyl sites for hydroxylation is 1. The molecule has 0 saturated carbocycles. The predicted octanol–water partition coefficient (Wildman–Crippen LogP) is 3.74.